The van der Waals surface area contributed by atoms with E-state index in [2.05, 4.69) is 15.6 Å². The first-order valence-electron chi connectivity index (χ1n) is 8.59. The van der Waals surface area contributed by atoms with Crippen LogP contribution in [0.1, 0.15) is 15.9 Å². The maximum Gasteiger partial charge on any atom is 0.326 e. The van der Waals surface area contributed by atoms with Gasteiger partial charge in [-0.1, -0.05) is 12.1 Å². The Morgan fingerprint density at radius 2 is 1.86 bits per heavy atom. The van der Waals surface area contributed by atoms with Crippen molar-refractivity contribution in [2.24, 2.45) is 7.05 Å². The molecular weight excluding hydrogens is 362 g/mol. The van der Waals surface area contributed by atoms with E-state index in [0.29, 0.717) is 22.3 Å². The SMILES string of the molecule is Cn1c(=O)[nH]c2ccc(C(=O)Nc3ccc(CN4C(=O)CNC4=O)cc3)cc21. The molecule has 9 heteroatoms. The van der Waals surface area contributed by atoms with Crippen molar-refractivity contribution in [1.29, 1.82) is 0 Å². The molecule has 0 bridgehead atoms. The first-order chi connectivity index (χ1) is 13.4. The molecule has 1 fully saturated rings. The largest absolute Gasteiger partial charge is 0.329 e. The normalized spacial score (nSPS) is 13.8. The summed E-state index contributed by atoms with van der Waals surface area (Å²) < 4.78 is 1.44. The molecule has 4 rings (SSSR count). The Morgan fingerprint density at radius 3 is 2.54 bits per heavy atom. The number of H-pyrrole nitrogens is 1. The third-order valence-corrected chi connectivity index (χ3v) is 4.66. The fourth-order valence-electron chi connectivity index (χ4n) is 3.06. The monoisotopic (exact) mass is 379 g/mol. The molecule has 0 unspecified atom stereocenters. The van der Waals surface area contributed by atoms with Crippen LogP contribution in [0.5, 0.6) is 0 Å². The van der Waals surface area contributed by atoms with Crippen LogP contribution >= 0.6 is 0 Å². The average molecular weight is 379 g/mol. The van der Waals surface area contributed by atoms with Gasteiger partial charge in [0.05, 0.1) is 24.1 Å². The molecule has 4 amide bonds. The zero-order valence-corrected chi connectivity index (χ0v) is 15.0. The van der Waals surface area contributed by atoms with Gasteiger partial charge >= 0.3 is 11.7 Å². The molecule has 0 aliphatic carbocycles. The first-order valence-corrected chi connectivity index (χ1v) is 8.59. The number of carbonyl (C=O) groups excluding carboxylic acids is 3. The highest BCUT2D eigenvalue weighted by Gasteiger charge is 2.28. The summed E-state index contributed by atoms with van der Waals surface area (Å²) in [5.74, 6) is -0.575. The number of aromatic amines is 1. The number of anilines is 1. The molecule has 1 aliphatic rings. The summed E-state index contributed by atoms with van der Waals surface area (Å²) >= 11 is 0. The minimum Gasteiger partial charge on any atom is -0.329 e. The van der Waals surface area contributed by atoms with E-state index in [9.17, 15) is 19.2 Å². The van der Waals surface area contributed by atoms with Gasteiger partial charge < -0.3 is 15.6 Å². The van der Waals surface area contributed by atoms with Crippen LogP contribution in [-0.4, -0.2) is 38.8 Å². The number of aryl methyl sites for hydroxylation is 1. The molecule has 2 heterocycles. The van der Waals surface area contributed by atoms with E-state index in [0.717, 1.165) is 10.5 Å². The van der Waals surface area contributed by atoms with Crippen molar-refractivity contribution < 1.29 is 14.4 Å². The second-order valence-electron chi connectivity index (χ2n) is 6.51. The fraction of sp³-hybridized carbons (Fsp3) is 0.158. The molecule has 0 atom stereocenters. The van der Waals surface area contributed by atoms with E-state index < -0.39 is 6.03 Å². The van der Waals surface area contributed by atoms with Crippen LogP contribution in [0.4, 0.5) is 10.5 Å². The summed E-state index contributed by atoms with van der Waals surface area (Å²) in [5, 5.41) is 5.26. The lowest BCUT2D eigenvalue weighted by molar-refractivity contribution is -0.125. The van der Waals surface area contributed by atoms with Gasteiger partial charge in [-0.25, -0.2) is 9.59 Å². The van der Waals surface area contributed by atoms with Gasteiger partial charge in [0.25, 0.3) is 5.91 Å². The molecule has 1 aromatic heterocycles. The number of fused-ring (bicyclic) bond motifs is 1. The van der Waals surface area contributed by atoms with E-state index in [1.807, 2.05) is 0 Å². The summed E-state index contributed by atoms with van der Waals surface area (Å²) in [5.41, 5.74) is 2.83. The van der Waals surface area contributed by atoms with Crippen molar-refractivity contribution in [2.75, 3.05) is 11.9 Å². The van der Waals surface area contributed by atoms with Crippen LogP contribution in [0.25, 0.3) is 11.0 Å². The van der Waals surface area contributed by atoms with Crippen LogP contribution in [0.2, 0.25) is 0 Å². The number of urea groups is 1. The lowest BCUT2D eigenvalue weighted by Crippen LogP contribution is -2.30. The van der Waals surface area contributed by atoms with Crippen molar-refractivity contribution in [3.63, 3.8) is 0 Å². The lowest BCUT2D eigenvalue weighted by Gasteiger charge is -2.13. The van der Waals surface area contributed by atoms with Crippen molar-refractivity contribution in [2.45, 2.75) is 6.54 Å². The van der Waals surface area contributed by atoms with Crippen molar-refractivity contribution in [3.8, 4) is 0 Å². The van der Waals surface area contributed by atoms with Crippen LogP contribution in [0, 0.1) is 0 Å². The van der Waals surface area contributed by atoms with Gasteiger partial charge in [-0.2, -0.15) is 0 Å². The van der Waals surface area contributed by atoms with Crippen LogP contribution in [-0.2, 0) is 18.4 Å². The number of imidazole rings is 1. The zero-order valence-electron chi connectivity index (χ0n) is 15.0. The molecule has 1 saturated heterocycles. The number of hydrogen-bond donors (Lipinski definition) is 3. The Bertz CT molecular complexity index is 1140. The maximum atomic E-state index is 12.5. The molecule has 3 aromatic rings. The van der Waals surface area contributed by atoms with Crippen LogP contribution < -0.4 is 16.3 Å². The third-order valence-electron chi connectivity index (χ3n) is 4.66. The minimum absolute atomic E-state index is 0.0179. The zero-order chi connectivity index (χ0) is 19.8. The average Bonchev–Trinajstić information content (AvgIpc) is 3.16. The van der Waals surface area contributed by atoms with Gasteiger partial charge in [0.15, 0.2) is 0 Å². The Balaban J connectivity index is 1.47. The number of imide groups is 1. The highest BCUT2D eigenvalue weighted by molar-refractivity contribution is 6.06. The van der Waals surface area contributed by atoms with Gasteiger partial charge in [-0.05, 0) is 35.9 Å². The van der Waals surface area contributed by atoms with Crippen molar-refractivity contribution >= 4 is 34.6 Å². The molecule has 0 saturated carbocycles. The van der Waals surface area contributed by atoms with E-state index in [1.54, 1.807) is 49.5 Å². The summed E-state index contributed by atoms with van der Waals surface area (Å²) in [6.07, 6.45) is 0. The number of rotatable bonds is 4. The molecule has 28 heavy (non-hydrogen) atoms. The summed E-state index contributed by atoms with van der Waals surface area (Å²) in [7, 11) is 1.63. The number of aromatic nitrogens is 2. The molecule has 3 N–H and O–H groups in total. The lowest BCUT2D eigenvalue weighted by atomic mass is 10.1. The van der Waals surface area contributed by atoms with E-state index in [1.165, 1.54) is 4.57 Å². The number of nitrogens with one attached hydrogen (secondary N) is 3. The molecule has 0 spiro atoms. The maximum absolute atomic E-state index is 12.5. The van der Waals surface area contributed by atoms with Gasteiger partial charge in [-0.15, -0.1) is 0 Å². The smallest absolute Gasteiger partial charge is 0.326 e. The summed E-state index contributed by atoms with van der Waals surface area (Å²) in [4.78, 5) is 51.3. The Morgan fingerprint density at radius 1 is 1.11 bits per heavy atom. The van der Waals surface area contributed by atoms with Gasteiger partial charge in [0, 0.05) is 18.3 Å². The molecular formula is C19H17N5O4. The molecule has 0 radical (unpaired) electrons. The van der Waals surface area contributed by atoms with Crippen molar-refractivity contribution in [3.05, 3.63) is 64.1 Å². The fourth-order valence-corrected chi connectivity index (χ4v) is 3.06. The Hall–Kier alpha value is -3.88. The second kappa shape index (κ2) is 6.69. The quantitative estimate of drug-likeness (QED) is 0.590. The Kier molecular flexibility index (Phi) is 4.19. The summed E-state index contributed by atoms with van der Waals surface area (Å²) in [6.45, 7) is 0.196. The predicted molar refractivity (Wildman–Crippen MR) is 102 cm³/mol. The second-order valence-corrected chi connectivity index (χ2v) is 6.51. The number of amides is 4. The first kappa shape index (κ1) is 17.5. The third kappa shape index (κ3) is 3.13. The number of hydrogen-bond acceptors (Lipinski definition) is 4. The molecule has 2 aromatic carbocycles. The van der Waals surface area contributed by atoms with Gasteiger partial charge in [0.1, 0.15) is 0 Å². The number of carbonyl (C=O) groups is 3. The van der Waals surface area contributed by atoms with E-state index in [-0.39, 0.29) is 30.6 Å². The Labute approximate surface area is 158 Å². The highest BCUT2D eigenvalue weighted by atomic mass is 16.2. The van der Waals surface area contributed by atoms with Crippen molar-refractivity contribution in [1.82, 2.24) is 19.8 Å². The van der Waals surface area contributed by atoms with Crippen LogP contribution in [0.3, 0.4) is 0 Å². The van der Waals surface area contributed by atoms with E-state index in [4.69, 9.17) is 0 Å². The van der Waals surface area contributed by atoms with Gasteiger partial charge in [0.2, 0.25) is 5.91 Å². The highest BCUT2D eigenvalue weighted by Crippen LogP contribution is 2.16. The van der Waals surface area contributed by atoms with Crippen LogP contribution in [0.15, 0.2) is 47.3 Å². The molecule has 9 nitrogen and oxygen atoms in total. The number of benzene rings is 2. The molecule has 142 valence electrons. The number of nitrogens with zero attached hydrogens (tertiary/aromatic N) is 2. The molecule has 1 aliphatic heterocycles. The topological polar surface area (TPSA) is 116 Å². The standard InChI is InChI=1S/C19H17N5O4/c1-23-15-8-12(4-7-14(15)22-19(23)28)17(26)21-13-5-2-11(3-6-13)10-24-16(25)9-20-18(24)27/h2-8H,9-10H2,1H3,(H,20,27)(H,21,26)(H,22,28). The van der Waals surface area contributed by atoms with E-state index >= 15 is 0 Å². The van der Waals surface area contributed by atoms with Gasteiger partial charge in [-0.3, -0.25) is 19.1 Å². The summed E-state index contributed by atoms with van der Waals surface area (Å²) in [6, 6.07) is 11.5. The predicted octanol–water partition coefficient (Wildman–Crippen LogP) is 1.17. The minimum atomic E-state index is -0.406.